The lowest BCUT2D eigenvalue weighted by atomic mass is 10.0. The lowest BCUT2D eigenvalue weighted by molar-refractivity contribution is -0.192. The number of nitrogens with two attached hydrogens (primary N) is 1. The average molecular weight is 922 g/mol. The molecule has 2 aromatic carbocycles. The molecule has 364 valence electrons. The molecule has 6 amide bonds. The van der Waals surface area contributed by atoms with Gasteiger partial charge in [0.05, 0.1) is 12.8 Å². The molecule has 0 saturated heterocycles. The number of rotatable bonds is 27. The van der Waals surface area contributed by atoms with Crippen molar-refractivity contribution in [1.82, 2.24) is 21.3 Å². The van der Waals surface area contributed by atoms with Crippen LogP contribution in [0.15, 0.2) is 42.5 Å². The number of hydrogen-bond donors (Lipinski definition) is 9. The summed E-state index contributed by atoms with van der Waals surface area (Å²) in [6, 6.07) is 8.55. The lowest BCUT2D eigenvalue weighted by Gasteiger charge is -2.26. The summed E-state index contributed by atoms with van der Waals surface area (Å²) in [5.41, 5.74) is 9.29. The summed E-state index contributed by atoms with van der Waals surface area (Å²) < 4.78 is 31.7. The SMILES string of the molecule is Cc1cccc(C)c1NC(=O)Nc1ccc(CC(=O)N[C@@H](CC(C)C)C(=O)N[C@@H](CC(=O)O)C(=O)N[C@H](C(=O)NCCCCCCCCCCCCN)C(C)C)cc1.O=C(O)C(F)(F)F. The predicted molar refractivity (Wildman–Crippen MR) is 243 cm³/mol. The van der Waals surface area contributed by atoms with E-state index in [-0.39, 0.29) is 30.6 Å². The van der Waals surface area contributed by atoms with Gasteiger partial charge in [-0.3, -0.25) is 24.0 Å². The number of anilines is 2. The Morgan fingerprint density at radius 1 is 0.662 bits per heavy atom. The number of carbonyl (C=O) groups is 7. The number of aryl methyl sites for hydroxylation is 2. The van der Waals surface area contributed by atoms with Gasteiger partial charge >= 0.3 is 24.1 Å². The number of nitrogens with one attached hydrogen (secondary N) is 6. The number of benzene rings is 2. The van der Waals surface area contributed by atoms with E-state index < -0.39 is 66.4 Å². The predicted octanol–water partition coefficient (Wildman–Crippen LogP) is 6.73. The van der Waals surface area contributed by atoms with Gasteiger partial charge in [-0.15, -0.1) is 0 Å². The van der Waals surface area contributed by atoms with E-state index in [0.717, 1.165) is 55.5 Å². The first-order chi connectivity index (χ1) is 30.5. The highest BCUT2D eigenvalue weighted by Gasteiger charge is 2.38. The van der Waals surface area contributed by atoms with E-state index >= 15 is 0 Å². The van der Waals surface area contributed by atoms with Gasteiger partial charge in [-0.25, -0.2) is 9.59 Å². The van der Waals surface area contributed by atoms with Crippen LogP contribution in [0.25, 0.3) is 0 Å². The van der Waals surface area contributed by atoms with Gasteiger partial charge in [0.2, 0.25) is 23.6 Å². The molecule has 16 nitrogen and oxygen atoms in total. The number of hydrogen-bond acceptors (Lipinski definition) is 8. The molecular weight excluding hydrogens is 852 g/mol. The standard InChI is InChI=1S/C44H69N7O7.C2HF3O2/c1-29(2)26-35(48-37(52)27-33-20-22-34(23-21-33)47-44(58)51-40-31(5)18-17-19-32(40)6)41(55)49-36(28-38(53)54)42(56)50-39(30(3)4)43(57)46-25-16-14-12-10-8-7-9-11-13-15-24-45;3-2(4,5)1(6)7/h17-23,29-30,35-36,39H,7-16,24-28,45H2,1-6H3,(H,46,57)(H,48,52)(H,49,55)(H,50,56)(H,53,54)(H2,47,51,58);(H,6,7)/t35-,36-,39-;/m0./s1. The summed E-state index contributed by atoms with van der Waals surface area (Å²) >= 11 is 0. The van der Waals surface area contributed by atoms with Crippen molar-refractivity contribution < 1.29 is 56.9 Å². The minimum absolute atomic E-state index is 0.0339. The minimum atomic E-state index is -5.08. The zero-order valence-electron chi connectivity index (χ0n) is 38.5. The number of unbranched alkanes of at least 4 members (excludes halogenated alkanes) is 9. The van der Waals surface area contributed by atoms with Crippen LogP contribution >= 0.6 is 0 Å². The second-order valence-corrected chi connectivity index (χ2v) is 16.8. The Balaban J connectivity index is 0.00000277. The molecule has 0 unspecified atom stereocenters. The Morgan fingerprint density at radius 3 is 1.65 bits per heavy atom. The first kappa shape index (κ1) is 57.3. The number of alkyl halides is 3. The van der Waals surface area contributed by atoms with Crippen molar-refractivity contribution in [3.05, 3.63) is 59.2 Å². The molecule has 0 aliphatic rings. The number of halogens is 3. The monoisotopic (exact) mass is 922 g/mol. The zero-order chi connectivity index (χ0) is 49.1. The van der Waals surface area contributed by atoms with Crippen LogP contribution in [0.4, 0.5) is 29.3 Å². The Kier molecular flexibility index (Phi) is 26.8. The van der Waals surface area contributed by atoms with Crippen molar-refractivity contribution in [3.63, 3.8) is 0 Å². The molecule has 2 aromatic rings. The largest absolute Gasteiger partial charge is 0.490 e. The summed E-state index contributed by atoms with van der Waals surface area (Å²) in [6.07, 6.45) is 5.53. The van der Waals surface area contributed by atoms with Gasteiger partial charge in [0.15, 0.2) is 0 Å². The number of carbonyl (C=O) groups excluding carboxylic acids is 5. The van der Waals surface area contributed by atoms with Gasteiger partial charge in [0, 0.05) is 17.9 Å². The molecule has 3 atom stereocenters. The van der Waals surface area contributed by atoms with E-state index in [1.807, 2.05) is 45.9 Å². The Hall–Kier alpha value is -5.72. The molecule has 2 rings (SSSR count). The zero-order valence-corrected chi connectivity index (χ0v) is 38.5. The molecule has 0 aliphatic carbocycles. The second-order valence-electron chi connectivity index (χ2n) is 16.8. The van der Waals surface area contributed by atoms with E-state index in [1.54, 1.807) is 38.1 Å². The number of aliphatic carboxylic acids is 2. The third kappa shape index (κ3) is 24.8. The molecule has 65 heavy (non-hydrogen) atoms. The quantitative estimate of drug-likeness (QED) is 0.0427. The highest BCUT2D eigenvalue weighted by atomic mass is 19.4. The van der Waals surface area contributed by atoms with Crippen molar-refractivity contribution in [2.24, 2.45) is 17.6 Å². The molecular formula is C46H70F3N7O9. The van der Waals surface area contributed by atoms with E-state index in [1.165, 1.54) is 32.1 Å². The molecule has 0 saturated carbocycles. The number of para-hydroxylation sites is 1. The summed E-state index contributed by atoms with van der Waals surface area (Å²) in [6.45, 7) is 12.3. The normalized spacial score (nSPS) is 12.5. The molecule has 0 radical (unpaired) electrons. The van der Waals surface area contributed by atoms with E-state index in [9.17, 15) is 47.0 Å². The van der Waals surface area contributed by atoms with Gasteiger partial charge < -0.3 is 47.8 Å². The van der Waals surface area contributed by atoms with E-state index in [0.29, 0.717) is 17.8 Å². The fraction of sp³-hybridized carbons (Fsp3) is 0.587. The van der Waals surface area contributed by atoms with E-state index in [4.69, 9.17) is 15.6 Å². The lowest BCUT2D eigenvalue weighted by Crippen LogP contribution is -2.58. The maximum Gasteiger partial charge on any atom is 0.490 e. The van der Waals surface area contributed by atoms with E-state index in [2.05, 4.69) is 31.9 Å². The molecule has 0 spiro atoms. The maximum absolute atomic E-state index is 13.5. The summed E-state index contributed by atoms with van der Waals surface area (Å²) in [7, 11) is 0. The molecule has 19 heteroatoms. The van der Waals surface area contributed by atoms with Gasteiger partial charge in [-0.2, -0.15) is 13.2 Å². The van der Waals surface area contributed by atoms with Crippen LogP contribution in [0.2, 0.25) is 0 Å². The van der Waals surface area contributed by atoms with Crippen LogP contribution in [0, 0.1) is 25.7 Å². The van der Waals surface area contributed by atoms with Crippen molar-refractivity contribution in [1.29, 1.82) is 0 Å². The highest BCUT2D eigenvalue weighted by Crippen LogP contribution is 2.20. The molecule has 0 fully saturated rings. The fourth-order valence-electron chi connectivity index (χ4n) is 6.58. The van der Waals surface area contributed by atoms with Crippen LogP contribution in [-0.2, 0) is 35.2 Å². The third-order valence-corrected chi connectivity index (χ3v) is 10.1. The Bertz CT molecular complexity index is 1810. The Labute approximate surface area is 380 Å². The van der Waals surface area contributed by atoms with Crippen LogP contribution < -0.4 is 37.6 Å². The Morgan fingerprint density at radius 2 is 1.17 bits per heavy atom. The molecule has 0 aromatic heterocycles. The molecule has 0 heterocycles. The fourth-order valence-corrected chi connectivity index (χ4v) is 6.58. The number of urea groups is 1. The van der Waals surface area contributed by atoms with Gasteiger partial charge in [-0.05, 0) is 80.3 Å². The topological polar surface area (TPSA) is 258 Å². The van der Waals surface area contributed by atoms with Gasteiger partial charge in [0.25, 0.3) is 0 Å². The average Bonchev–Trinajstić information content (AvgIpc) is 3.21. The number of carboxylic acids is 2. The second kappa shape index (κ2) is 30.4. The number of amides is 6. The number of carboxylic acid groups (broad SMARTS) is 2. The first-order valence-electron chi connectivity index (χ1n) is 22.2. The van der Waals surface area contributed by atoms with Gasteiger partial charge in [-0.1, -0.05) is 109 Å². The summed E-state index contributed by atoms with van der Waals surface area (Å²) in [5, 5.41) is 33.2. The highest BCUT2D eigenvalue weighted by molar-refractivity contribution is 6.01. The van der Waals surface area contributed by atoms with Crippen molar-refractivity contribution in [2.75, 3.05) is 23.7 Å². The third-order valence-electron chi connectivity index (χ3n) is 10.1. The minimum Gasteiger partial charge on any atom is -0.481 e. The smallest absolute Gasteiger partial charge is 0.481 e. The van der Waals surface area contributed by atoms with Crippen LogP contribution in [-0.4, -0.2) is 89.2 Å². The summed E-state index contributed by atoms with van der Waals surface area (Å²) in [5.74, 6) is -6.78. The van der Waals surface area contributed by atoms with Crippen LogP contribution in [0.1, 0.15) is 121 Å². The molecule has 0 bridgehead atoms. The van der Waals surface area contributed by atoms with Crippen molar-refractivity contribution >= 4 is 53.0 Å². The van der Waals surface area contributed by atoms with Crippen LogP contribution in [0.3, 0.4) is 0 Å². The summed E-state index contributed by atoms with van der Waals surface area (Å²) in [4.78, 5) is 86.6. The van der Waals surface area contributed by atoms with Crippen molar-refractivity contribution in [2.45, 2.75) is 149 Å². The maximum atomic E-state index is 13.5. The molecule has 10 N–H and O–H groups in total. The van der Waals surface area contributed by atoms with Crippen molar-refractivity contribution in [3.8, 4) is 0 Å². The molecule has 0 aliphatic heterocycles. The van der Waals surface area contributed by atoms with Gasteiger partial charge in [0.1, 0.15) is 18.1 Å². The first-order valence-corrected chi connectivity index (χ1v) is 22.2. The van der Waals surface area contributed by atoms with Crippen LogP contribution in [0.5, 0.6) is 0 Å².